The molecule has 0 bridgehead atoms. The van der Waals surface area contributed by atoms with Gasteiger partial charge in [0, 0.05) is 25.3 Å². The van der Waals surface area contributed by atoms with Crippen molar-refractivity contribution in [2.24, 2.45) is 5.92 Å². The summed E-state index contributed by atoms with van der Waals surface area (Å²) in [7, 11) is 0. The Bertz CT molecular complexity index is 518. The van der Waals surface area contributed by atoms with Crippen molar-refractivity contribution in [3.05, 3.63) is 29.6 Å². The minimum atomic E-state index is -0.0336. The summed E-state index contributed by atoms with van der Waals surface area (Å²) in [5, 5.41) is 12.2. The lowest BCUT2D eigenvalue weighted by Crippen LogP contribution is -2.44. The lowest BCUT2D eigenvalue weighted by Gasteiger charge is -2.33. The zero-order chi connectivity index (χ0) is 15.2. The summed E-state index contributed by atoms with van der Waals surface area (Å²) in [4.78, 5) is 18.4. The van der Waals surface area contributed by atoms with Gasteiger partial charge in [-0.15, -0.1) is 0 Å². The van der Waals surface area contributed by atoms with Crippen LogP contribution < -0.4 is 5.32 Å². The fourth-order valence-corrected chi connectivity index (χ4v) is 2.57. The standard InChI is InChI=1S/C16H22N4O/c1-12(2)18-10-14-4-3-7-20(11-14)16(21)15-6-5-13(8-17)9-19-15/h5-6,9,12,14,18H,3-4,7,10-11H2,1-2H3. The number of carbonyl (C=O) groups is 1. The minimum Gasteiger partial charge on any atom is -0.337 e. The summed E-state index contributed by atoms with van der Waals surface area (Å²) in [6.07, 6.45) is 3.64. The molecule has 2 rings (SSSR count). The number of nitriles is 1. The third-order valence-corrected chi connectivity index (χ3v) is 3.73. The van der Waals surface area contributed by atoms with E-state index < -0.39 is 0 Å². The van der Waals surface area contributed by atoms with Crippen LogP contribution in [0.1, 0.15) is 42.7 Å². The van der Waals surface area contributed by atoms with E-state index in [1.807, 2.05) is 11.0 Å². The molecule has 1 N–H and O–H groups in total. The lowest BCUT2D eigenvalue weighted by molar-refractivity contribution is 0.0666. The molecule has 112 valence electrons. The van der Waals surface area contributed by atoms with Crippen LogP contribution in [0.2, 0.25) is 0 Å². The smallest absolute Gasteiger partial charge is 0.272 e. The number of nitrogens with zero attached hydrogens (tertiary/aromatic N) is 3. The van der Waals surface area contributed by atoms with Gasteiger partial charge in [-0.1, -0.05) is 13.8 Å². The van der Waals surface area contributed by atoms with E-state index in [-0.39, 0.29) is 5.91 Å². The van der Waals surface area contributed by atoms with E-state index in [9.17, 15) is 4.79 Å². The molecule has 1 amide bonds. The average Bonchev–Trinajstić information content (AvgIpc) is 2.52. The number of hydrogen-bond donors (Lipinski definition) is 1. The maximum atomic E-state index is 12.4. The van der Waals surface area contributed by atoms with Crippen molar-refractivity contribution in [1.29, 1.82) is 5.26 Å². The molecule has 0 radical (unpaired) electrons. The highest BCUT2D eigenvalue weighted by Crippen LogP contribution is 2.18. The molecule has 5 nitrogen and oxygen atoms in total. The number of pyridine rings is 1. The van der Waals surface area contributed by atoms with E-state index in [4.69, 9.17) is 5.26 Å². The van der Waals surface area contributed by atoms with E-state index in [0.29, 0.717) is 23.2 Å². The molecule has 0 spiro atoms. The summed E-state index contributed by atoms with van der Waals surface area (Å²) in [6, 6.07) is 5.76. The van der Waals surface area contributed by atoms with Crippen LogP contribution in [0.5, 0.6) is 0 Å². The average molecular weight is 286 g/mol. The molecule has 21 heavy (non-hydrogen) atoms. The van der Waals surface area contributed by atoms with Gasteiger partial charge in [-0.2, -0.15) is 5.26 Å². The maximum absolute atomic E-state index is 12.4. The summed E-state index contributed by atoms with van der Waals surface area (Å²) in [5.74, 6) is 0.470. The van der Waals surface area contributed by atoms with E-state index >= 15 is 0 Å². The Hall–Kier alpha value is -1.93. The van der Waals surface area contributed by atoms with Crippen LogP contribution in [0.3, 0.4) is 0 Å². The topological polar surface area (TPSA) is 69.0 Å². The molecule has 1 saturated heterocycles. The fraction of sp³-hybridized carbons (Fsp3) is 0.562. The predicted molar refractivity (Wildman–Crippen MR) is 80.7 cm³/mol. The lowest BCUT2D eigenvalue weighted by atomic mass is 9.97. The summed E-state index contributed by atoms with van der Waals surface area (Å²) in [5.41, 5.74) is 0.899. The van der Waals surface area contributed by atoms with Crippen molar-refractivity contribution < 1.29 is 4.79 Å². The third-order valence-electron chi connectivity index (χ3n) is 3.73. The Morgan fingerprint density at radius 3 is 3.00 bits per heavy atom. The van der Waals surface area contributed by atoms with E-state index in [1.165, 1.54) is 6.20 Å². The Morgan fingerprint density at radius 2 is 2.38 bits per heavy atom. The van der Waals surface area contributed by atoms with E-state index in [0.717, 1.165) is 32.5 Å². The first-order valence-electron chi connectivity index (χ1n) is 7.49. The van der Waals surface area contributed by atoms with Crippen molar-refractivity contribution in [3.8, 4) is 6.07 Å². The van der Waals surface area contributed by atoms with Crippen LogP contribution in [-0.4, -0.2) is 41.5 Å². The molecule has 1 aliphatic heterocycles. The quantitative estimate of drug-likeness (QED) is 0.916. The third kappa shape index (κ3) is 4.27. The molecule has 0 aromatic carbocycles. The second-order valence-electron chi connectivity index (χ2n) is 5.87. The number of likely N-dealkylation sites (tertiary alicyclic amines) is 1. The van der Waals surface area contributed by atoms with Crippen LogP contribution >= 0.6 is 0 Å². The number of rotatable bonds is 4. The van der Waals surface area contributed by atoms with Crippen LogP contribution in [-0.2, 0) is 0 Å². The van der Waals surface area contributed by atoms with Gasteiger partial charge in [0.05, 0.1) is 5.56 Å². The monoisotopic (exact) mass is 286 g/mol. The molecule has 0 saturated carbocycles. The zero-order valence-corrected chi connectivity index (χ0v) is 12.7. The number of hydrogen-bond acceptors (Lipinski definition) is 4. The fourth-order valence-electron chi connectivity index (χ4n) is 2.57. The van der Waals surface area contributed by atoms with Gasteiger partial charge in [0.2, 0.25) is 0 Å². The van der Waals surface area contributed by atoms with Crippen molar-refractivity contribution >= 4 is 5.91 Å². The number of aromatic nitrogens is 1. The maximum Gasteiger partial charge on any atom is 0.272 e. The summed E-state index contributed by atoms with van der Waals surface area (Å²) >= 11 is 0. The summed E-state index contributed by atoms with van der Waals surface area (Å²) < 4.78 is 0. The van der Waals surface area contributed by atoms with Crippen LogP contribution in [0.4, 0.5) is 0 Å². The van der Waals surface area contributed by atoms with Gasteiger partial charge < -0.3 is 10.2 Å². The zero-order valence-electron chi connectivity index (χ0n) is 12.7. The molecular formula is C16H22N4O. The Kier molecular flexibility index (Phi) is 5.29. The van der Waals surface area contributed by atoms with Gasteiger partial charge >= 0.3 is 0 Å². The van der Waals surface area contributed by atoms with Gasteiger partial charge in [0.15, 0.2) is 0 Å². The van der Waals surface area contributed by atoms with Gasteiger partial charge in [-0.3, -0.25) is 4.79 Å². The van der Waals surface area contributed by atoms with Gasteiger partial charge in [-0.05, 0) is 37.4 Å². The number of nitrogens with one attached hydrogen (secondary N) is 1. The first kappa shape index (κ1) is 15.5. The van der Waals surface area contributed by atoms with Crippen molar-refractivity contribution in [3.63, 3.8) is 0 Å². The minimum absolute atomic E-state index is 0.0336. The molecule has 0 aliphatic carbocycles. The molecule has 1 aliphatic rings. The largest absolute Gasteiger partial charge is 0.337 e. The second-order valence-corrected chi connectivity index (χ2v) is 5.87. The van der Waals surface area contributed by atoms with Crippen LogP contribution in [0.25, 0.3) is 0 Å². The molecule has 1 aromatic rings. The summed E-state index contributed by atoms with van der Waals surface area (Å²) in [6.45, 7) is 6.78. The Balaban J connectivity index is 1.96. The van der Waals surface area contributed by atoms with Crippen molar-refractivity contribution in [2.75, 3.05) is 19.6 Å². The highest BCUT2D eigenvalue weighted by molar-refractivity contribution is 5.92. The first-order chi connectivity index (χ1) is 10.1. The number of piperidine rings is 1. The molecule has 2 heterocycles. The number of carbonyl (C=O) groups excluding carboxylic acids is 1. The van der Waals surface area contributed by atoms with Crippen LogP contribution in [0.15, 0.2) is 18.3 Å². The SMILES string of the molecule is CC(C)NCC1CCCN(C(=O)c2ccc(C#N)cn2)C1. The van der Waals surface area contributed by atoms with Crippen molar-refractivity contribution in [1.82, 2.24) is 15.2 Å². The normalized spacial score (nSPS) is 18.6. The van der Waals surface area contributed by atoms with Gasteiger partial charge in [0.25, 0.3) is 5.91 Å². The molecular weight excluding hydrogens is 264 g/mol. The molecule has 1 aromatic heterocycles. The Labute approximate surface area is 126 Å². The number of amides is 1. The van der Waals surface area contributed by atoms with Gasteiger partial charge in [0.1, 0.15) is 11.8 Å². The van der Waals surface area contributed by atoms with E-state index in [2.05, 4.69) is 24.1 Å². The first-order valence-corrected chi connectivity index (χ1v) is 7.49. The highest BCUT2D eigenvalue weighted by Gasteiger charge is 2.25. The predicted octanol–water partition coefficient (Wildman–Crippen LogP) is 1.80. The Morgan fingerprint density at radius 1 is 1.57 bits per heavy atom. The van der Waals surface area contributed by atoms with Crippen LogP contribution in [0, 0.1) is 17.2 Å². The van der Waals surface area contributed by atoms with Gasteiger partial charge in [-0.25, -0.2) is 4.98 Å². The highest BCUT2D eigenvalue weighted by atomic mass is 16.2. The second kappa shape index (κ2) is 7.19. The molecule has 5 heteroatoms. The molecule has 1 atom stereocenters. The van der Waals surface area contributed by atoms with E-state index in [1.54, 1.807) is 12.1 Å². The molecule has 1 fully saturated rings. The molecule has 1 unspecified atom stereocenters. The van der Waals surface area contributed by atoms with Crippen molar-refractivity contribution in [2.45, 2.75) is 32.7 Å².